The first-order chi connectivity index (χ1) is 14.3. The molecule has 1 spiro atoms. The second-order valence-corrected chi connectivity index (χ2v) is 8.75. The highest BCUT2D eigenvalue weighted by Crippen LogP contribution is 2.52. The van der Waals surface area contributed by atoms with Crippen molar-refractivity contribution in [3.05, 3.63) is 45.5 Å². The van der Waals surface area contributed by atoms with Crippen LogP contribution in [0.2, 0.25) is 0 Å². The smallest absolute Gasteiger partial charge is 0.270 e. The van der Waals surface area contributed by atoms with Crippen LogP contribution in [0.15, 0.2) is 29.8 Å². The lowest BCUT2D eigenvalue weighted by atomic mass is 9.77. The molecule has 30 heavy (non-hydrogen) atoms. The predicted octanol–water partition coefficient (Wildman–Crippen LogP) is 1.56. The molecule has 1 aromatic rings. The van der Waals surface area contributed by atoms with E-state index in [2.05, 4.69) is 10.6 Å². The van der Waals surface area contributed by atoms with Gasteiger partial charge in [0.05, 0.1) is 22.9 Å². The molecule has 2 fully saturated rings. The number of Topliss-reactive ketones (excluding diaryl/α,β-unsaturated/α-hetero) is 1. The normalized spacial score (nSPS) is 27.6. The van der Waals surface area contributed by atoms with E-state index in [0.717, 1.165) is 29.6 Å². The van der Waals surface area contributed by atoms with Crippen molar-refractivity contribution in [3.8, 4) is 0 Å². The fourth-order valence-corrected chi connectivity index (χ4v) is 4.73. The minimum atomic E-state index is -0.675. The molecule has 4 N–H and O–H groups in total. The van der Waals surface area contributed by atoms with E-state index < -0.39 is 28.8 Å². The number of non-ortho nitro benzene ring substituents is 1. The fraction of sp³-hybridized carbons (Fsp3) is 0.524. The molecule has 1 amide bonds. The lowest BCUT2D eigenvalue weighted by Gasteiger charge is -2.38. The standard InChI is InChI=1S/C21H26N4O5/c1-12-10-22-17(8-15(12)13-3-2-4-14(7-13)25(29)30)19(26)18-16(20(27)24-28)9-21(5-6-21)11-23-18/h2-4,7,16-18,22-23,28H,5-6,8-11H2,1H3,(H,24,27). The summed E-state index contributed by atoms with van der Waals surface area (Å²) in [4.78, 5) is 36.3. The molecule has 9 heteroatoms. The van der Waals surface area contributed by atoms with Crippen LogP contribution in [0.1, 0.15) is 38.2 Å². The second kappa shape index (κ2) is 7.90. The maximum atomic E-state index is 13.4. The zero-order valence-corrected chi connectivity index (χ0v) is 16.8. The third kappa shape index (κ3) is 3.88. The molecule has 2 aliphatic heterocycles. The minimum Gasteiger partial charge on any atom is -0.306 e. The van der Waals surface area contributed by atoms with Gasteiger partial charge in [0.15, 0.2) is 5.78 Å². The van der Waals surface area contributed by atoms with Crippen LogP contribution < -0.4 is 16.1 Å². The van der Waals surface area contributed by atoms with E-state index in [1.165, 1.54) is 12.1 Å². The van der Waals surface area contributed by atoms with E-state index >= 15 is 0 Å². The van der Waals surface area contributed by atoms with E-state index in [1.54, 1.807) is 11.5 Å². The number of hydrogen-bond acceptors (Lipinski definition) is 7. The summed E-state index contributed by atoms with van der Waals surface area (Å²) < 4.78 is 0. The number of carbonyl (C=O) groups excluding carboxylic acids is 2. The van der Waals surface area contributed by atoms with Gasteiger partial charge in [0.1, 0.15) is 0 Å². The van der Waals surface area contributed by atoms with Gasteiger partial charge in [-0.3, -0.25) is 24.9 Å². The van der Waals surface area contributed by atoms with Crippen LogP contribution in [0.4, 0.5) is 5.69 Å². The van der Waals surface area contributed by atoms with Crippen LogP contribution in [0.3, 0.4) is 0 Å². The topological polar surface area (TPSA) is 134 Å². The Morgan fingerprint density at radius 2 is 2.07 bits per heavy atom. The Hall–Kier alpha value is -2.62. The number of benzene rings is 1. The van der Waals surface area contributed by atoms with Gasteiger partial charge in [-0.1, -0.05) is 17.7 Å². The summed E-state index contributed by atoms with van der Waals surface area (Å²) in [5.74, 6) is -1.27. The molecule has 3 unspecified atom stereocenters. The van der Waals surface area contributed by atoms with Gasteiger partial charge in [-0.25, -0.2) is 5.48 Å². The van der Waals surface area contributed by atoms with Gasteiger partial charge in [0.25, 0.3) is 5.69 Å². The summed E-state index contributed by atoms with van der Waals surface area (Å²) in [5.41, 5.74) is 4.47. The molecule has 1 aliphatic carbocycles. The highest BCUT2D eigenvalue weighted by Gasteiger charge is 2.52. The van der Waals surface area contributed by atoms with Gasteiger partial charge in [-0.15, -0.1) is 0 Å². The number of nitro groups is 1. The molecule has 0 bridgehead atoms. The molecular weight excluding hydrogens is 388 g/mol. The Labute approximate surface area is 174 Å². The summed E-state index contributed by atoms with van der Waals surface area (Å²) in [5, 5.41) is 26.8. The Bertz CT molecular complexity index is 924. The van der Waals surface area contributed by atoms with Crippen molar-refractivity contribution in [1.29, 1.82) is 0 Å². The van der Waals surface area contributed by atoms with Crippen molar-refractivity contribution in [2.75, 3.05) is 13.1 Å². The lowest BCUT2D eigenvalue weighted by Crippen LogP contribution is -2.59. The van der Waals surface area contributed by atoms with Gasteiger partial charge >= 0.3 is 0 Å². The third-order valence-electron chi connectivity index (χ3n) is 6.75. The number of piperidine rings is 1. The van der Waals surface area contributed by atoms with Crippen LogP contribution in [0.5, 0.6) is 0 Å². The Morgan fingerprint density at radius 1 is 1.30 bits per heavy atom. The molecule has 1 aromatic carbocycles. The SMILES string of the molecule is CC1=C(c2cccc([N+](=O)[O-])c2)CC(C(=O)C2NCC3(CC3)CC2C(=O)NO)NC1. The van der Waals surface area contributed by atoms with Crippen LogP contribution in [-0.4, -0.2) is 47.0 Å². The van der Waals surface area contributed by atoms with Crippen LogP contribution in [0, 0.1) is 21.4 Å². The molecule has 3 atom stereocenters. The van der Waals surface area contributed by atoms with Crippen molar-refractivity contribution in [3.63, 3.8) is 0 Å². The van der Waals surface area contributed by atoms with Crippen LogP contribution in [0.25, 0.3) is 5.57 Å². The average Bonchev–Trinajstić information content (AvgIpc) is 3.51. The summed E-state index contributed by atoms with van der Waals surface area (Å²) in [7, 11) is 0. The highest BCUT2D eigenvalue weighted by atomic mass is 16.6. The molecule has 0 aromatic heterocycles. The average molecular weight is 414 g/mol. The number of nitrogens with one attached hydrogen (secondary N) is 3. The van der Waals surface area contributed by atoms with E-state index in [4.69, 9.17) is 5.21 Å². The molecule has 4 rings (SSSR count). The zero-order chi connectivity index (χ0) is 21.5. The monoisotopic (exact) mass is 414 g/mol. The minimum absolute atomic E-state index is 0.0116. The molecule has 160 valence electrons. The summed E-state index contributed by atoms with van der Waals surface area (Å²) in [6.07, 6.45) is 3.03. The number of hydroxylamine groups is 1. The van der Waals surface area contributed by atoms with E-state index in [1.807, 2.05) is 13.0 Å². The van der Waals surface area contributed by atoms with Crippen LogP contribution >= 0.6 is 0 Å². The number of ketones is 1. The molecule has 3 aliphatic rings. The lowest BCUT2D eigenvalue weighted by molar-refractivity contribution is -0.384. The van der Waals surface area contributed by atoms with Crippen molar-refractivity contribution < 1.29 is 19.7 Å². The number of nitrogens with zero attached hydrogens (tertiary/aromatic N) is 1. The first-order valence-electron chi connectivity index (χ1n) is 10.2. The molecule has 9 nitrogen and oxygen atoms in total. The van der Waals surface area contributed by atoms with Crippen molar-refractivity contribution in [2.45, 2.75) is 44.7 Å². The van der Waals surface area contributed by atoms with Gasteiger partial charge in [0, 0.05) is 25.2 Å². The van der Waals surface area contributed by atoms with Crippen molar-refractivity contribution >= 4 is 23.0 Å². The van der Waals surface area contributed by atoms with Crippen molar-refractivity contribution in [2.24, 2.45) is 11.3 Å². The maximum Gasteiger partial charge on any atom is 0.270 e. The number of amides is 1. The summed E-state index contributed by atoms with van der Waals surface area (Å²) in [6, 6.07) is 5.25. The molecule has 2 heterocycles. The van der Waals surface area contributed by atoms with Crippen molar-refractivity contribution in [1.82, 2.24) is 16.1 Å². The quantitative estimate of drug-likeness (QED) is 0.326. The summed E-state index contributed by atoms with van der Waals surface area (Å²) in [6.45, 7) is 3.12. The number of nitro benzene ring substituents is 1. The summed E-state index contributed by atoms with van der Waals surface area (Å²) >= 11 is 0. The first kappa shape index (κ1) is 20.6. The van der Waals surface area contributed by atoms with Crippen LogP contribution in [-0.2, 0) is 9.59 Å². The van der Waals surface area contributed by atoms with Gasteiger partial charge in [-0.05, 0) is 49.2 Å². The molecular formula is C21H26N4O5. The Balaban J connectivity index is 1.54. The largest absolute Gasteiger partial charge is 0.306 e. The molecule has 1 saturated carbocycles. The maximum absolute atomic E-state index is 13.4. The highest BCUT2D eigenvalue weighted by molar-refractivity contribution is 5.96. The Kier molecular flexibility index (Phi) is 5.44. The van der Waals surface area contributed by atoms with Gasteiger partial charge in [-0.2, -0.15) is 0 Å². The van der Waals surface area contributed by atoms with E-state index in [-0.39, 0.29) is 16.9 Å². The number of rotatable bonds is 5. The van der Waals surface area contributed by atoms with E-state index in [9.17, 15) is 19.7 Å². The Morgan fingerprint density at radius 3 is 2.73 bits per heavy atom. The van der Waals surface area contributed by atoms with Gasteiger partial charge in [0.2, 0.25) is 5.91 Å². The fourth-order valence-electron chi connectivity index (χ4n) is 4.73. The third-order valence-corrected chi connectivity index (χ3v) is 6.75. The number of carbonyl (C=O) groups is 2. The predicted molar refractivity (Wildman–Crippen MR) is 109 cm³/mol. The zero-order valence-electron chi connectivity index (χ0n) is 16.8. The molecule has 0 radical (unpaired) electrons. The second-order valence-electron chi connectivity index (χ2n) is 8.75. The first-order valence-corrected chi connectivity index (χ1v) is 10.2. The molecule has 1 saturated heterocycles. The van der Waals surface area contributed by atoms with E-state index in [0.29, 0.717) is 25.9 Å². The number of hydrogen-bond donors (Lipinski definition) is 4. The van der Waals surface area contributed by atoms with Gasteiger partial charge < -0.3 is 10.6 Å².